The smallest absolute Gasteiger partial charge is 0.190 e. The van der Waals surface area contributed by atoms with Crippen molar-refractivity contribution in [3.8, 4) is 5.75 Å². The van der Waals surface area contributed by atoms with Gasteiger partial charge in [-0.15, -0.1) is 0 Å². The Bertz CT molecular complexity index is 563. The lowest BCUT2D eigenvalue weighted by Crippen LogP contribution is -2.22. The molecule has 0 bridgehead atoms. The molecular weight excluding hydrogens is 272 g/mol. The molecular formula is C14H20N4O3. The highest BCUT2D eigenvalue weighted by Gasteiger charge is 2.10. The number of carbonyl (C=O) groups is 1. The van der Waals surface area contributed by atoms with Gasteiger partial charge < -0.3 is 26.7 Å². The fourth-order valence-electron chi connectivity index (χ4n) is 1.59. The van der Waals surface area contributed by atoms with Crippen LogP contribution in [-0.2, 0) is 4.74 Å². The largest absolute Gasteiger partial charge is 0.467 e. The lowest BCUT2D eigenvalue weighted by molar-refractivity contribution is 0.0222. The molecule has 21 heavy (non-hydrogen) atoms. The van der Waals surface area contributed by atoms with Gasteiger partial charge in [-0.25, -0.2) is 4.99 Å². The zero-order valence-corrected chi connectivity index (χ0v) is 12.1. The van der Waals surface area contributed by atoms with Crippen LogP contribution in [-0.4, -0.2) is 25.6 Å². The summed E-state index contributed by atoms with van der Waals surface area (Å²) in [4.78, 5) is 14.8. The number of benzene rings is 1. The van der Waals surface area contributed by atoms with Crippen LogP contribution in [0.25, 0.3) is 5.70 Å². The molecule has 0 aliphatic carbocycles. The van der Waals surface area contributed by atoms with Gasteiger partial charge in [-0.2, -0.15) is 0 Å². The van der Waals surface area contributed by atoms with Crippen LogP contribution >= 0.6 is 0 Å². The van der Waals surface area contributed by atoms with Crippen LogP contribution in [0.1, 0.15) is 29.8 Å². The third-order valence-electron chi connectivity index (χ3n) is 2.62. The van der Waals surface area contributed by atoms with Crippen LogP contribution in [0.3, 0.4) is 0 Å². The van der Waals surface area contributed by atoms with Crippen LogP contribution in [0, 0.1) is 0 Å². The molecule has 0 unspecified atom stereocenters. The molecule has 6 N–H and O–H groups in total. The Morgan fingerprint density at radius 2 is 2.05 bits per heavy atom. The Balaban J connectivity index is 3.21. The molecule has 0 atom stereocenters. The minimum absolute atomic E-state index is 0.0560. The van der Waals surface area contributed by atoms with Crippen LogP contribution in [0.5, 0.6) is 5.75 Å². The van der Waals surface area contributed by atoms with Crippen LogP contribution in [0.15, 0.2) is 28.9 Å². The second kappa shape index (κ2) is 7.91. The van der Waals surface area contributed by atoms with Gasteiger partial charge in [0.1, 0.15) is 12.0 Å². The molecule has 0 saturated heterocycles. The molecule has 0 spiro atoms. The van der Waals surface area contributed by atoms with E-state index in [9.17, 15) is 4.79 Å². The van der Waals surface area contributed by atoms with Crippen molar-refractivity contribution < 1.29 is 14.3 Å². The minimum atomic E-state index is -0.0863. The number of ether oxygens (including phenoxy) is 2. The van der Waals surface area contributed by atoms with E-state index in [0.717, 1.165) is 6.29 Å². The van der Waals surface area contributed by atoms with Gasteiger partial charge in [0.25, 0.3) is 0 Å². The Morgan fingerprint density at radius 3 is 2.62 bits per heavy atom. The highest BCUT2D eigenvalue weighted by molar-refractivity contribution is 5.81. The summed E-state index contributed by atoms with van der Waals surface area (Å²) < 4.78 is 10.6. The van der Waals surface area contributed by atoms with E-state index in [1.54, 1.807) is 25.1 Å². The van der Waals surface area contributed by atoms with Crippen molar-refractivity contribution in [1.29, 1.82) is 0 Å². The highest BCUT2D eigenvalue weighted by atomic mass is 16.7. The van der Waals surface area contributed by atoms with Gasteiger partial charge in [-0.05, 0) is 26.0 Å². The predicted octanol–water partition coefficient (Wildman–Crippen LogP) is 0.793. The summed E-state index contributed by atoms with van der Waals surface area (Å²) in [5, 5.41) is 0. The number of aliphatic imine (C=N–C) groups is 1. The van der Waals surface area contributed by atoms with Gasteiger partial charge in [-0.3, -0.25) is 4.79 Å². The molecule has 1 rings (SSSR count). The number of guanidine groups is 1. The summed E-state index contributed by atoms with van der Waals surface area (Å²) in [7, 11) is 0. The van der Waals surface area contributed by atoms with Crippen LogP contribution in [0.2, 0.25) is 0 Å². The summed E-state index contributed by atoms with van der Waals surface area (Å²) in [6.07, 6.45) is 0.722. The van der Waals surface area contributed by atoms with E-state index in [0.29, 0.717) is 34.9 Å². The number of rotatable bonds is 7. The maximum Gasteiger partial charge on any atom is 0.190 e. The molecule has 0 radical (unpaired) electrons. The summed E-state index contributed by atoms with van der Waals surface area (Å²) in [5.74, 6) is 0.340. The van der Waals surface area contributed by atoms with Crippen LogP contribution in [0.4, 0.5) is 0 Å². The zero-order valence-electron chi connectivity index (χ0n) is 12.1. The molecule has 1 aromatic rings. The lowest BCUT2D eigenvalue weighted by Gasteiger charge is -2.13. The molecule has 0 fully saturated rings. The normalized spacial score (nSPS) is 11.5. The second-order valence-corrected chi connectivity index (χ2v) is 4.16. The number of hydrogen-bond acceptors (Lipinski definition) is 5. The first-order valence-electron chi connectivity index (χ1n) is 6.35. The maximum absolute atomic E-state index is 10.9. The number of hydrogen-bond donors (Lipinski definition) is 3. The summed E-state index contributed by atoms with van der Waals surface area (Å²) >= 11 is 0. The van der Waals surface area contributed by atoms with Crippen molar-refractivity contribution in [2.75, 3.05) is 13.4 Å². The highest BCUT2D eigenvalue weighted by Crippen LogP contribution is 2.26. The maximum atomic E-state index is 10.9. The Labute approximate surface area is 123 Å². The van der Waals surface area contributed by atoms with Gasteiger partial charge in [-0.1, -0.05) is 6.07 Å². The van der Waals surface area contributed by atoms with Gasteiger partial charge in [0.05, 0.1) is 11.4 Å². The van der Waals surface area contributed by atoms with Crippen molar-refractivity contribution in [3.05, 3.63) is 35.0 Å². The standard InChI is InChI=1S/C14H20N4O3/c1-3-20-8-21-12-6-10(7-19)4-5-11(12)13(15)9(2)18-14(16)17/h4-7H,3,8,15H2,1-2H3,(H4,16,17,18)/b13-9-. The average Bonchev–Trinajstić information content (AvgIpc) is 2.46. The Hall–Kier alpha value is -2.54. The van der Waals surface area contributed by atoms with Crippen molar-refractivity contribution in [3.63, 3.8) is 0 Å². The monoisotopic (exact) mass is 292 g/mol. The van der Waals surface area contributed by atoms with E-state index in [1.165, 1.54) is 0 Å². The topological polar surface area (TPSA) is 126 Å². The molecule has 0 heterocycles. The molecule has 114 valence electrons. The number of carbonyl (C=O) groups excluding carboxylic acids is 1. The third-order valence-corrected chi connectivity index (χ3v) is 2.62. The van der Waals surface area contributed by atoms with E-state index in [-0.39, 0.29) is 12.8 Å². The second-order valence-electron chi connectivity index (χ2n) is 4.16. The fourth-order valence-corrected chi connectivity index (χ4v) is 1.59. The first-order chi connectivity index (χ1) is 9.99. The molecule has 7 heteroatoms. The summed E-state index contributed by atoms with van der Waals surface area (Å²) in [6, 6.07) is 4.88. The van der Waals surface area contributed by atoms with Crippen molar-refractivity contribution in [2.45, 2.75) is 13.8 Å². The molecule has 0 aliphatic rings. The third kappa shape index (κ3) is 4.81. The first kappa shape index (κ1) is 16.5. The van der Waals surface area contributed by atoms with Gasteiger partial charge >= 0.3 is 0 Å². The van der Waals surface area contributed by atoms with Gasteiger partial charge in [0.2, 0.25) is 0 Å². The van der Waals surface area contributed by atoms with Gasteiger partial charge in [0.15, 0.2) is 12.8 Å². The number of nitrogens with zero attached hydrogens (tertiary/aromatic N) is 1. The van der Waals surface area contributed by atoms with E-state index in [2.05, 4.69) is 4.99 Å². The number of allylic oxidation sites excluding steroid dienone is 1. The number of nitrogens with two attached hydrogens (primary N) is 3. The fraction of sp³-hybridized carbons (Fsp3) is 0.286. The molecule has 0 aliphatic heterocycles. The summed E-state index contributed by atoms with van der Waals surface area (Å²) in [6.45, 7) is 4.10. The lowest BCUT2D eigenvalue weighted by atomic mass is 10.1. The Kier molecular flexibility index (Phi) is 6.22. The molecule has 7 nitrogen and oxygen atoms in total. The van der Waals surface area contributed by atoms with Crippen molar-refractivity contribution >= 4 is 17.9 Å². The minimum Gasteiger partial charge on any atom is -0.467 e. The van der Waals surface area contributed by atoms with Crippen molar-refractivity contribution in [2.24, 2.45) is 22.2 Å². The van der Waals surface area contributed by atoms with Crippen LogP contribution < -0.4 is 21.9 Å². The predicted molar refractivity (Wildman–Crippen MR) is 81.5 cm³/mol. The van der Waals surface area contributed by atoms with E-state index in [1.807, 2.05) is 6.92 Å². The van der Waals surface area contributed by atoms with E-state index >= 15 is 0 Å². The number of aldehydes is 1. The van der Waals surface area contributed by atoms with E-state index in [4.69, 9.17) is 26.7 Å². The first-order valence-corrected chi connectivity index (χ1v) is 6.35. The molecule has 0 saturated carbocycles. The van der Waals surface area contributed by atoms with Gasteiger partial charge in [0, 0.05) is 17.7 Å². The molecule has 0 aromatic heterocycles. The average molecular weight is 292 g/mol. The SMILES string of the molecule is CCOCOc1cc(C=O)ccc1/C(N)=C(\C)N=C(N)N. The summed E-state index contributed by atoms with van der Waals surface area (Å²) in [5.41, 5.74) is 18.6. The Morgan fingerprint density at radius 1 is 1.33 bits per heavy atom. The molecule has 1 aromatic carbocycles. The quantitative estimate of drug-likeness (QED) is 0.224. The molecule has 0 amide bonds. The van der Waals surface area contributed by atoms with Crippen molar-refractivity contribution in [1.82, 2.24) is 0 Å². The zero-order chi connectivity index (χ0) is 15.8. The van der Waals surface area contributed by atoms with E-state index < -0.39 is 0 Å².